The van der Waals surface area contributed by atoms with Crippen LogP contribution in [0.4, 0.5) is 10.5 Å². The second-order valence-corrected chi connectivity index (χ2v) is 5.09. The van der Waals surface area contributed by atoms with E-state index in [-0.39, 0.29) is 0 Å². The summed E-state index contributed by atoms with van der Waals surface area (Å²) in [6.45, 7) is 1.38. The van der Waals surface area contributed by atoms with Crippen molar-refractivity contribution < 1.29 is 19.0 Å². The third kappa shape index (κ3) is 4.89. The Balaban J connectivity index is 1.89. The number of carbonyl (C=O) groups excluding carboxylic acids is 1. The van der Waals surface area contributed by atoms with Crippen LogP contribution in [0.1, 0.15) is 11.1 Å². The number of nitrogens with one attached hydrogen (secondary N) is 2. The van der Waals surface area contributed by atoms with Gasteiger partial charge in [-0.3, -0.25) is 5.32 Å². The van der Waals surface area contributed by atoms with Crippen LogP contribution in [0, 0.1) is 0 Å². The predicted octanol–water partition coefficient (Wildman–Crippen LogP) is 3.17. The molecule has 6 nitrogen and oxygen atoms in total. The zero-order valence-corrected chi connectivity index (χ0v) is 14.1. The fourth-order valence-electron chi connectivity index (χ4n) is 2.21. The molecule has 0 atom stereocenters. The van der Waals surface area contributed by atoms with Crippen molar-refractivity contribution in [1.29, 1.82) is 0 Å². The molecule has 0 aliphatic carbocycles. The molecule has 2 N–H and O–H groups in total. The van der Waals surface area contributed by atoms with Gasteiger partial charge in [-0.1, -0.05) is 18.2 Å². The molecule has 2 aromatic rings. The van der Waals surface area contributed by atoms with Crippen LogP contribution in [-0.4, -0.2) is 27.4 Å². The minimum absolute atomic E-state index is 0.479. The number of hydrogen-bond donors (Lipinski definition) is 2. The maximum absolute atomic E-state index is 11.1. The first-order valence-electron chi connectivity index (χ1n) is 7.51. The molecule has 0 spiro atoms. The van der Waals surface area contributed by atoms with E-state index in [4.69, 9.17) is 9.47 Å². The summed E-state index contributed by atoms with van der Waals surface area (Å²) in [4.78, 5) is 11.1. The number of rotatable bonds is 7. The number of methoxy groups -OCH3 is 3. The molecule has 0 aromatic heterocycles. The fourth-order valence-corrected chi connectivity index (χ4v) is 2.21. The highest BCUT2D eigenvalue weighted by Crippen LogP contribution is 2.24. The maximum atomic E-state index is 11.1. The molecule has 0 radical (unpaired) electrons. The Morgan fingerprint density at radius 1 is 0.958 bits per heavy atom. The summed E-state index contributed by atoms with van der Waals surface area (Å²) in [5.41, 5.74) is 2.86. The molecule has 0 saturated heterocycles. The van der Waals surface area contributed by atoms with Crippen LogP contribution < -0.4 is 20.1 Å². The fraction of sp³-hybridized carbons (Fsp3) is 0.278. The van der Waals surface area contributed by atoms with Crippen LogP contribution in [0.2, 0.25) is 0 Å². The summed E-state index contributed by atoms with van der Waals surface area (Å²) >= 11 is 0. The summed E-state index contributed by atoms with van der Waals surface area (Å²) in [5.74, 6) is 1.56. The highest BCUT2D eigenvalue weighted by atomic mass is 16.5. The zero-order valence-electron chi connectivity index (χ0n) is 14.1. The number of ether oxygens (including phenoxy) is 3. The van der Waals surface area contributed by atoms with Gasteiger partial charge in [0, 0.05) is 30.4 Å². The maximum Gasteiger partial charge on any atom is 0.411 e. The Morgan fingerprint density at radius 2 is 1.71 bits per heavy atom. The Morgan fingerprint density at radius 3 is 2.33 bits per heavy atom. The van der Waals surface area contributed by atoms with Gasteiger partial charge in [-0.15, -0.1) is 0 Å². The lowest BCUT2D eigenvalue weighted by atomic mass is 10.1. The quantitative estimate of drug-likeness (QED) is 0.816. The highest BCUT2D eigenvalue weighted by molar-refractivity contribution is 5.84. The Bertz CT molecular complexity index is 671. The molecule has 0 saturated carbocycles. The smallest absolute Gasteiger partial charge is 0.411 e. The lowest BCUT2D eigenvalue weighted by molar-refractivity contribution is 0.187. The first kappa shape index (κ1) is 17.6. The molecule has 0 aliphatic rings. The summed E-state index contributed by atoms with van der Waals surface area (Å²) in [6, 6.07) is 13.3. The first-order chi connectivity index (χ1) is 11.7. The van der Waals surface area contributed by atoms with Crippen LogP contribution in [0.5, 0.6) is 11.5 Å². The largest absolute Gasteiger partial charge is 0.497 e. The van der Waals surface area contributed by atoms with Gasteiger partial charge in [0.2, 0.25) is 0 Å². The van der Waals surface area contributed by atoms with E-state index in [9.17, 15) is 4.79 Å². The summed E-state index contributed by atoms with van der Waals surface area (Å²) in [5, 5.41) is 5.99. The van der Waals surface area contributed by atoms with Gasteiger partial charge in [0.25, 0.3) is 0 Å². The van der Waals surface area contributed by atoms with E-state index in [1.54, 1.807) is 14.2 Å². The third-order valence-electron chi connectivity index (χ3n) is 3.52. The van der Waals surface area contributed by atoms with E-state index in [0.29, 0.717) is 18.8 Å². The number of benzene rings is 2. The van der Waals surface area contributed by atoms with Gasteiger partial charge in [0.05, 0.1) is 21.3 Å². The van der Waals surface area contributed by atoms with Crippen LogP contribution in [0.3, 0.4) is 0 Å². The molecule has 0 aliphatic heterocycles. The average Bonchev–Trinajstić information content (AvgIpc) is 2.63. The molecule has 0 unspecified atom stereocenters. The van der Waals surface area contributed by atoms with Crippen LogP contribution >= 0.6 is 0 Å². The second-order valence-electron chi connectivity index (χ2n) is 5.09. The third-order valence-corrected chi connectivity index (χ3v) is 3.52. The molecule has 6 heteroatoms. The highest BCUT2D eigenvalue weighted by Gasteiger charge is 2.05. The van der Waals surface area contributed by atoms with Crippen LogP contribution in [-0.2, 0) is 17.8 Å². The molecule has 128 valence electrons. The van der Waals surface area contributed by atoms with Gasteiger partial charge >= 0.3 is 6.09 Å². The average molecular weight is 330 g/mol. The van der Waals surface area contributed by atoms with E-state index < -0.39 is 6.09 Å². The normalized spacial score (nSPS) is 10.1. The van der Waals surface area contributed by atoms with Crippen LogP contribution in [0.25, 0.3) is 0 Å². The second kappa shape index (κ2) is 8.79. The first-order valence-corrected chi connectivity index (χ1v) is 7.51. The molecule has 0 bridgehead atoms. The topological polar surface area (TPSA) is 68.8 Å². The molecule has 2 aromatic carbocycles. The van der Waals surface area contributed by atoms with E-state index in [0.717, 1.165) is 22.6 Å². The van der Waals surface area contributed by atoms with Gasteiger partial charge in [-0.2, -0.15) is 0 Å². The van der Waals surface area contributed by atoms with E-state index in [1.807, 2.05) is 42.5 Å². The van der Waals surface area contributed by atoms with Crippen molar-refractivity contribution in [2.24, 2.45) is 0 Å². The SMILES string of the molecule is COC(=O)Nc1ccc(CNCc2ccc(OC)cc2OC)cc1. The predicted molar refractivity (Wildman–Crippen MR) is 92.6 cm³/mol. The number of hydrogen-bond acceptors (Lipinski definition) is 5. The molecular weight excluding hydrogens is 308 g/mol. The lowest BCUT2D eigenvalue weighted by Gasteiger charge is -2.11. The van der Waals surface area contributed by atoms with Crippen molar-refractivity contribution >= 4 is 11.8 Å². The summed E-state index contributed by atoms with van der Waals surface area (Å²) in [7, 11) is 4.61. The Hall–Kier alpha value is -2.73. The molecule has 2 rings (SSSR count). The molecule has 24 heavy (non-hydrogen) atoms. The monoisotopic (exact) mass is 330 g/mol. The minimum Gasteiger partial charge on any atom is -0.497 e. The Kier molecular flexibility index (Phi) is 6.45. The summed E-state index contributed by atoms with van der Waals surface area (Å²) in [6.07, 6.45) is -0.479. The van der Waals surface area contributed by atoms with E-state index in [2.05, 4.69) is 15.4 Å². The molecule has 0 heterocycles. The van der Waals surface area contributed by atoms with Crippen molar-refractivity contribution in [3.8, 4) is 11.5 Å². The number of amides is 1. The molecular formula is C18H22N2O4. The molecule has 0 fully saturated rings. The summed E-state index contributed by atoms with van der Waals surface area (Å²) < 4.78 is 15.1. The van der Waals surface area contributed by atoms with Gasteiger partial charge < -0.3 is 19.5 Å². The van der Waals surface area contributed by atoms with Crippen molar-refractivity contribution in [2.45, 2.75) is 13.1 Å². The van der Waals surface area contributed by atoms with Gasteiger partial charge in [-0.05, 0) is 23.8 Å². The van der Waals surface area contributed by atoms with Crippen LogP contribution in [0.15, 0.2) is 42.5 Å². The lowest BCUT2D eigenvalue weighted by Crippen LogP contribution is -2.14. The van der Waals surface area contributed by atoms with Gasteiger partial charge in [0.1, 0.15) is 11.5 Å². The Labute approximate surface area is 141 Å². The van der Waals surface area contributed by atoms with Gasteiger partial charge in [-0.25, -0.2) is 4.79 Å². The van der Waals surface area contributed by atoms with Crippen molar-refractivity contribution in [3.05, 3.63) is 53.6 Å². The van der Waals surface area contributed by atoms with E-state index >= 15 is 0 Å². The van der Waals surface area contributed by atoms with Crippen molar-refractivity contribution in [3.63, 3.8) is 0 Å². The number of carbonyl (C=O) groups is 1. The number of anilines is 1. The molecule has 1 amide bonds. The minimum atomic E-state index is -0.479. The zero-order chi connectivity index (χ0) is 17.4. The van der Waals surface area contributed by atoms with Gasteiger partial charge in [0.15, 0.2) is 0 Å². The van der Waals surface area contributed by atoms with Crippen molar-refractivity contribution in [2.75, 3.05) is 26.6 Å². The van der Waals surface area contributed by atoms with Crippen molar-refractivity contribution in [1.82, 2.24) is 5.32 Å². The van der Waals surface area contributed by atoms with E-state index in [1.165, 1.54) is 7.11 Å². The standard InChI is InChI=1S/C18H22N2O4/c1-22-16-9-6-14(17(10-16)23-2)12-19-11-13-4-7-15(8-5-13)20-18(21)24-3/h4-10,19H,11-12H2,1-3H3,(H,20,21).